The quantitative estimate of drug-likeness (QED) is 0.421. The van der Waals surface area contributed by atoms with Crippen molar-refractivity contribution < 1.29 is 18.7 Å². The van der Waals surface area contributed by atoms with Gasteiger partial charge in [-0.1, -0.05) is 30.0 Å². The second-order valence-corrected chi connectivity index (χ2v) is 7.18. The fraction of sp³-hybridized carbons (Fsp3) is 0.190. The van der Waals surface area contributed by atoms with E-state index >= 15 is 0 Å². The van der Waals surface area contributed by atoms with Crippen LogP contribution in [0, 0.1) is 5.82 Å². The zero-order chi connectivity index (χ0) is 21.5. The summed E-state index contributed by atoms with van der Waals surface area (Å²) in [5.41, 5.74) is 0.896. The average molecular weight is 429 g/mol. The Morgan fingerprint density at radius 1 is 1.17 bits per heavy atom. The van der Waals surface area contributed by atoms with Crippen LogP contribution in [0.1, 0.15) is 11.3 Å². The molecule has 0 saturated heterocycles. The van der Waals surface area contributed by atoms with Crippen LogP contribution < -0.4 is 20.3 Å². The third kappa shape index (κ3) is 5.60. The molecular weight excluding hydrogens is 409 g/mol. The van der Waals surface area contributed by atoms with E-state index in [0.29, 0.717) is 39.4 Å². The molecule has 0 spiro atoms. The first-order valence-electron chi connectivity index (χ1n) is 8.97. The van der Waals surface area contributed by atoms with E-state index in [2.05, 4.69) is 15.3 Å². The van der Waals surface area contributed by atoms with E-state index in [1.165, 1.54) is 38.1 Å². The second kappa shape index (κ2) is 9.93. The summed E-state index contributed by atoms with van der Waals surface area (Å²) in [6.45, 7) is 0. The van der Waals surface area contributed by atoms with Crippen molar-refractivity contribution in [2.45, 2.75) is 17.3 Å². The van der Waals surface area contributed by atoms with Gasteiger partial charge < -0.3 is 19.8 Å². The highest BCUT2D eigenvalue weighted by molar-refractivity contribution is 7.98. The summed E-state index contributed by atoms with van der Waals surface area (Å²) in [6, 6.07) is 12.7. The average Bonchev–Trinajstić information content (AvgIpc) is 2.73. The van der Waals surface area contributed by atoms with E-state index < -0.39 is 0 Å². The summed E-state index contributed by atoms with van der Waals surface area (Å²) in [7, 11) is 3.02. The number of amides is 1. The van der Waals surface area contributed by atoms with Gasteiger partial charge in [0.1, 0.15) is 17.3 Å². The van der Waals surface area contributed by atoms with Crippen LogP contribution in [-0.4, -0.2) is 30.1 Å². The largest absolute Gasteiger partial charge is 0.497 e. The molecule has 0 aliphatic rings. The molecule has 0 saturated carbocycles. The molecule has 2 aromatic carbocycles. The zero-order valence-electron chi connectivity index (χ0n) is 16.4. The van der Waals surface area contributed by atoms with E-state index in [-0.39, 0.29) is 23.7 Å². The number of hydrogen-bond donors (Lipinski definition) is 2. The van der Waals surface area contributed by atoms with Gasteiger partial charge in [-0.3, -0.25) is 9.59 Å². The highest BCUT2D eigenvalue weighted by atomic mass is 32.2. The van der Waals surface area contributed by atoms with E-state index in [0.717, 1.165) is 0 Å². The van der Waals surface area contributed by atoms with Gasteiger partial charge in [-0.15, -0.1) is 0 Å². The summed E-state index contributed by atoms with van der Waals surface area (Å²) < 4.78 is 24.2. The lowest BCUT2D eigenvalue weighted by atomic mass is 10.2. The number of H-pyrrole nitrogens is 1. The SMILES string of the molecule is COc1ccc(NC(=O)Cc2cc(=O)[nH]c(SCc3ccccc3F)n2)c(OC)c1. The van der Waals surface area contributed by atoms with Crippen molar-refractivity contribution in [2.24, 2.45) is 0 Å². The predicted octanol–water partition coefficient (Wildman–Crippen LogP) is 3.40. The summed E-state index contributed by atoms with van der Waals surface area (Å²) in [6.07, 6.45) is -0.105. The molecule has 0 fully saturated rings. The highest BCUT2D eigenvalue weighted by Crippen LogP contribution is 2.29. The molecule has 3 aromatic rings. The molecule has 0 bridgehead atoms. The number of halogens is 1. The third-order valence-corrected chi connectivity index (χ3v) is 5.04. The molecule has 0 unspecified atom stereocenters. The number of methoxy groups -OCH3 is 2. The molecule has 7 nitrogen and oxygen atoms in total. The normalized spacial score (nSPS) is 10.5. The number of aromatic amines is 1. The molecular formula is C21H20FN3O4S. The number of carbonyl (C=O) groups excluding carboxylic acids is 1. The van der Waals surface area contributed by atoms with Crippen molar-refractivity contribution in [1.29, 1.82) is 0 Å². The van der Waals surface area contributed by atoms with Crippen LogP contribution in [0.5, 0.6) is 11.5 Å². The van der Waals surface area contributed by atoms with Crippen molar-refractivity contribution in [3.63, 3.8) is 0 Å². The van der Waals surface area contributed by atoms with E-state index in [4.69, 9.17) is 9.47 Å². The molecule has 0 aliphatic heterocycles. The smallest absolute Gasteiger partial charge is 0.251 e. The molecule has 9 heteroatoms. The number of benzene rings is 2. The molecule has 30 heavy (non-hydrogen) atoms. The van der Waals surface area contributed by atoms with Crippen molar-refractivity contribution >= 4 is 23.4 Å². The number of hydrogen-bond acceptors (Lipinski definition) is 6. The number of carbonyl (C=O) groups is 1. The molecule has 3 rings (SSSR count). The number of anilines is 1. The Bertz CT molecular complexity index is 1100. The lowest BCUT2D eigenvalue weighted by Gasteiger charge is -2.11. The Labute approximate surface area is 176 Å². The lowest BCUT2D eigenvalue weighted by molar-refractivity contribution is -0.115. The number of nitrogens with zero attached hydrogens (tertiary/aromatic N) is 1. The monoisotopic (exact) mass is 429 g/mol. The van der Waals surface area contributed by atoms with E-state index in [1.807, 2.05) is 0 Å². The molecule has 0 radical (unpaired) electrons. The van der Waals surface area contributed by atoms with Gasteiger partial charge in [-0.25, -0.2) is 9.37 Å². The maximum Gasteiger partial charge on any atom is 0.251 e. The van der Waals surface area contributed by atoms with Gasteiger partial charge in [0.15, 0.2) is 5.16 Å². The number of rotatable bonds is 8. The zero-order valence-corrected chi connectivity index (χ0v) is 17.2. The standard InChI is InChI=1S/C21H20FN3O4S/c1-28-15-7-8-17(18(11-15)29-2)24-19(26)9-14-10-20(27)25-21(23-14)30-12-13-5-3-4-6-16(13)22/h3-8,10-11H,9,12H2,1-2H3,(H,24,26)(H,23,25,27). The summed E-state index contributed by atoms with van der Waals surface area (Å²) in [5, 5.41) is 3.05. The maximum atomic E-state index is 13.8. The Balaban J connectivity index is 1.68. The Hall–Kier alpha value is -3.33. The number of thioether (sulfide) groups is 1. The van der Waals surface area contributed by atoms with Crippen molar-refractivity contribution in [3.8, 4) is 11.5 Å². The minimum absolute atomic E-state index is 0.105. The first kappa shape index (κ1) is 21.4. The minimum Gasteiger partial charge on any atom is -0.497 e. The number of aromatic nitrogens is 2. The van der Waals surface area contributed by atoms with E-state index in [1.54, 1.807) is 36.4 Å². The summed E-state index contributed by atoms with van der Waals surface area (Å²) in [4.78, 5) is 31.3. The van der Waals surface area contributed by atoms with Crippen LogP contribution in [-0.2, 0) is 17.0 Å². The molecule has 0 aliphatic carbocycles. The Morgan fingerprint density at radius 3 is 2.70 bits per heavy atom. The summed E-state index contributed by atoms with van der Waals surface area (Å²) in [5.74, 6) is 0.659. The van der Waals surface area contributed by atoms with Crippen LogP contribution in [0.4, 0.5) is 10.1 Å². The van der Waals surface area contributed by atoms with Crippen LogP contribution in [0.2, 0.25) is 0 Å². The van der Waals surface area contributed by atoms with Gasteiger partial charge in [0.25, 0.3) is 5.56 Å². The lowest BCUT2D eigenvalue weighted by Crippen LogP contribution is -2.18. The molecule has 1 heterocycles. The third-order valence-electron chi connectivity index (χ3n) is 4.12. The summed E-state index contributed by atoms with van der Waals surface area (Å²) >= 11 is 1.18. The number of ether oxygens (including phenoxy) is 2. The van der Waals surface area contributed by atoms with Crippen molar-refractivity contribution in [1.82, 2.24) is 9.97 Å². The number of nitrogens with one attached hydrogen (secondary N) is 2. The van der Waals surface area contributed by atoms with Gasteiger partial charge in [0.05, 0.1) is 32.0 Å². The maximum absolute atomic E-state index is 13.8. The fourth-order valence-corrected chi connectivity index (χ4v) is 3.55. The Kier molecular flexibility index (Phi) is 7.08. The first-order valence-corrected chi connectivity index (χ1v) is 9.95. The molecule has 1 aromatic heterocycles. The minimum atomic E-state index is -0.383. The molecule has 2 N–H and O–H groups in total. The van der Waals surface area contributed by atoms with Crippen LogP contribution in [0.15, 0.2) is 58.5 Å². The Morgan fingerprint density at radius 2 is 1.97 bits per heavy atom. The topological polar surface area (TPSA) is 93.3 Å². The van der Waals surface area contributed by atoms with E-state index in [9.17, 15) is 14.0 Å². The van der Waals surface area contributed by atoms with Crippen LogP contribution in [0.25, 0.3) is 0 Å². The second-order valence-electron chi connectivity index (χ2n) is 6.21. The van der Waals surface area contributed by atoms with Crippen LogP contribution in [0.3, 0.4) is 0 Å². The van der Waals surface area contributed by atoms with Crippen molar-refractivity contribution in [3.05, 3.63) is 76.0 Å². The van der Waals surface area contributed by atoms with Gasteiger partial charge in [-0.05, 0) is 23.8 Å². The molecule has 0 atom stereocenters. The molecule has 156 valence electrons. The first-order chi connectivity index (χ1) is 14.5. The van der Waals surface area contributed by atoms with Crippen molar-refractivity contribution in [2.75, 3.05) is 19.5 Å². The van der Waals surface area contributed by atoms with Crippen LogP contribution >= 0.6 is 11.8 Å². The van der Waals surface area contributed by atoms with Gasteiger partial charge in [0, 0.05) is 17.9 Å². The fourth-order valence-electron chi connectivity index (χ4n) is 2.66. The highest BCUT2D eigenvalue weighted by Gasteiger charge is 2.12. The van der Waals surface area contributed by atoms with Gasteiger partial charge in [-0.2, -0.15) is 0 Å². The van der Waals surface area contributed by atoms with Gasteiger partial charge >= 0.3 is 0 Å². The van der Waals surface area contributed by atoms with Gasteiger partial charge in [0.2, 0.25) is 5.91 Å². The predicted molar refractivity (Wildman–Crippen MR) is 113 cm³/mol. The molecule has 1 amide bonds.